The van der Waals surface area contributed by atoms with Crippen molar-refractivity contribution in [2.45, 2.75) is 50.2 Å². The van der Waals surface area contributed by atoms with Gasteiger partial charge in [-0.05, 0) is 50.7 Å². The highest BCUT2D eigenvalue weighted by Crippen LogP contribution is 2.07. The van der Waals surface area contributed by atoms with Gasteiger partial charge in [0, 0.05) is 6.54 Å². The fourth-order valence-electron chi connectivity index (χ4n) is 2.98. The largest absolute Gasteiger partial charge is 0.480 e. The van der Waals surface area contributed by atoms with Crippen LogP contribution >= 0.6 is 11.8 Å². The summed E-state index contributed by atoms with van der Waals surface area (Å²) in [4.78, 5) is 52.0. The molecule has 1 saturated heterocycles. The zero-order valence-electron chi connectivity index (χ0n) is 17.7. The Hall–Kier alpha value is -2.54. The lowest BCUT2D eigenvalue weighted by molar-refractivity contribution is -0.142. The Kier molecular flexibility index (Phi) is 12.4. The van der Waals surface area contributed by atoms with Crippen LogP contribution in [0.2, 0.25) is 0 Å². The number of guanidine groups is 1. The van der Waals surface area contributed by atoms with Crippen LogP contribution < -0.4 is 32.7 Å². The number of amides is 3. The van der Waals surface area contributed by atoms with E-state index in [9.17, 15) is 24.3 Å². The molecule has 0 aromatic heterocycles. The normalized spacial score (nSPS) is 17.3. The van der Waals surface area contributed by atoms with E-state index in [1.54, 1.807) is 0 Å². The molecule has 176 valence electrons. The first-order chi connectivity index (χ1) is 14.7. The highest BCUT2D eigenvalue weighted by atomic mass is 32.2. The van der Waals surface area contributed by atoms with Crippen LogP contribution in [0, 0.1) is 0 Å². The number of nitrogens with one attached hydrogen (secondary N) is 4. The van der Waals surface area contributed by atoms with E-state index in [2.05, 4.69) is 26.3 Å². The summed E-state index contributed by atoms with van der Waals surface area (Å²) in [6.45, 7) is 0.603. The van der Waals surface area contributed by atoms with Gasteiger partial charge in [0.05, 0.1) is 12.6 Å². The smallest absolute Gasteiger partial charge is 0.326 e. The predicted octanol–water partition coefficient (Wildman–Crippen LogP) is -2.28. The van der Waals surface area contributed by atoms with E-state index < -0.39 is 36.4 Å². The molecule has 0 spiro atoms. The summed E-state index contributed by atoms with van der Waals surface area (Å²) >= 11 is 1.54. The highest BCUT2D eigenvalue weighted by Gasteiger charge is 2.27. The van der Waals surface area contributed by atoms with E-state index >= 15 is 0 Å². The van der Waals surface area contributed by atoms with Crippen molar-refractivity contribution in [2.75, 3.05) is 31.6 Å². The maximum Gasteiger partial charge on any atom is 0.326 e. The third-order valence-electron chi connectivity index (χ3n) is 4.62. The van der Waals surface area contributed by atoms with E-state index in [1.165, 1.54) is 11.8 Å². The first kappa shape index (κ1) is 26.5. The molecule has 0 aromatic carbocycles. The van der Waals surface area contributed by atoms with Crippen molar-refractivity contribution in [3.8, 4) is 0 Å². The fraction of sp³-hybridized carbons (Fsp3) is 0.722. The third kappa shape index (κ3) is 10.9. The molecule has 1 aliphatic rings. The minimum atomic E-state index is -1.20. The number of hydrogen-bond donors (Lipinski definition) is 7. The Balaban J connectivity index is 2.51. The molecule has 13 heteroatoms. The lowest BCUT2D eigenvalue weighted by atomic mass is 10.1. The summed E-state index contributed by atoms with van der Waals surface area (Å²) < 4.78 is 0. The predicted molar refractivity (Wildman–Crippen MR) is 118 cm³/mol. The average Bonchev–Trinajstić information content (AvgIpc) is 3.26. The van der Waals surface area contributed by atoms with Gasteiger partial charge in [0.15, 0.2) is 5.96 Å². The molecule has 0 aromatic rings. The van der Waals surface area contributed by atoms with E-state index in [0.29, 0.717) is 25.0 Å². The molecule has 0 bridgehead atoms. The molecule has 1 rings (SSSR count). The summed E-state index contributed by atoms with van der Waals surface area (Å²) in [5.41, 5.74) is 10.4. The number of nitrogens with zero attached hydrogens (tertiary/aromatic N) is 1. The number of carbonyl (C=O) groups is 4. The molecule has 12 nitrogen and oxygen atoms in total. The van der Waals surface area contributed by atoms with Crippen molar-refractivity contribution < 1.29 is 24.3 Å². The van der Waals surface area contributed by atoms with Gasteiger partial charge in [0.1, 0.15) is 12.1 Å². The summed E-state index contributed by atoms with van der Waals surface area (Å²) in [6, 6.07) is -2.22. The number of hydrogen-bond acceptors (Lipinski definition) is 7. The van der Waals surface area contributed by atoms with Gasteiger partial charge in [-0.2, -0.15) is 11.8 Å². The average molecular weight is 460 g/mol. The van der Waals surface area contributed by atoms with Gasteiger partial charge in [-0.15, -0.1) is 0 Å². The monoisotopic (exact) mass is 459 g/mol. The van der Waals surface area contributed by atoms with Gasteiger partial charge in [-0.1, -0.05) is 0 Å². The summed E-state index contributed by atoms with van der Waals surface area (Å²) in [6.07, 6.45) is 4.41. The lowest BCUT2D eigenvalue weighted by Gasteiger charge is -2.20. The number of aliphatic imine (C=N–C) groups is 1. The van der Waals surface area contributed by atoms with E-state index in [-0.39, 0.29) is 30.9 Å². The molecule has 1 heterocycles. The number of carboxylic acid groups (broad SMARTS) is 1. The molecule has 31 heavy (non-hydrogen) atoms. The van der Waals surface area contributed by atoms with Gasteiger partial charge in [0.25, 0.3) is 0 Å². The van der Waals surface area contributed by atoms with Crippen LogP contribution in [-0.4, -0.2) is 84.5 Å². The van der Waals surface area contributed by atoms with Crippen LogP contribution in [-0.2, 0) is 19.2 Å². The van der Waals surface area contributed by atoms with Crippen LogP contribution in [0.5, 0.6) is 0 Å². The Labute approximate surface area is 185 Å². The Morgan fingerprint density at radius 2 is 1.94 bits per heavy atom. The molecule has 3 atom stereocenters. The van der Waals surface area contributed by atoms with Crippen LogP contribution in [0.3, 0.4) is 0 Å². The minimum absolute atomic E-state index is 0.0922. The lowest BCUT2D eigenvalue weighted by Crippen LogP contribution is -2.53. The second-order valence-electron chi connectivity index (χ2n) is 7.12. The molecular formula is C18H33N7O5S. The number of carboxylic acids is 1. The summed E-state index contributed by atoms with van der Waals surface area (Å²) in [5.74, 6) is -2.01. The zero-order chi connectivity index (χ0) is 23.2. The SMILES string of the molecule is CSCCC(NC(=O)C1CCCN1)C(=O)NCC(=O)NC(CCCN=C(N)N)C(=O)O. The molecule has 0 radical (unpaired) electrons. The number of aliphatic carboxylic acids is 1. The molecular weight excluding hydrogens is 426 g/mol. The number of nitrogens with two attached hydrogens (primary N) is 2. The number of carbonyl (C=O) groups excluding carboxylic acids is 3. The maximum atomic E-state index is 12.5. The van der Waals surface area contributed by atoms with E-state index in [0.717, 1.165) is 13.0 Å². The van der Waals surface area contributed by atoms with Crippen molar-refractivity contribution >= 4 is 41.4 Å². The van der Waals surface area contributed by atoms with Crippen LogP contribution in [0.15, 0.2) is 4.99 Å². The molecule has 0 saturated carbocycles. The number of thioether (sulfide) groups is 1. The van der Waals surface area contributed by atoms with Crippen molar-refractivity contribution in [3.05, 3.63) is 0 Å². The molecule has 9 N–H and O–H groups in total. The highest BCUT2D eigenvalue weighted by molar-refractivity contribution is 7.98. The first-order valence-corrected chi connectivity index (χ1v) is 11.5. The van der Waals surface area contributed by atoms with Crippen molar-refractivity contribution in [2.24, 2.45) is 16.5 Å². The van der Waals surface area contributed by atoms with Gasteiger partial charge in [-0.25, -0.2) is 4.79 Å². The van der Waals surface area contributed by atoms with Crippen LogP contribution in [0.25, 0.3) is 0 Å². The van der Waals surface area contributed by atoms with Crippen molar-refractivity contribution in [1.82, 2.24) is 21.3 Å². The fourth-order valence-corrected chi connectivity index (χ4v) is 3.45. The topological polar surface area (TPSA) is 201 Å². The van der Waals surface area contributed by atoms with Crippen molar-refractivity contribution in [1.29, 1.82) is 0 Å². The van der Waals surface area contributed by atoms with Crippen molar-refractivity contribution in [3.63, 3.8) is 0 Å². The molecule has 0 aliphatic carbocycles. The van der Waals surface area contributed by atoms with Gasteiger partial charge in [-0.3, -0.25) is 19.4 Å². The van der Waals surface area contributed by atoms with Gasteiger partial charge >= 0.3 is 5.97 Å². The molecule has 3 unspecified atom stereocenters. The van der Waals surface area contributed by atoms with E-state index in [4.69, 9.17) is 11.5 Å². The van der Waals surface area contributed by atoms with E-state index in [1.807, 2.05) is 6.26 Å². The first-order valence-electron chi connectivity index (χ1n) is 10.1. The minimum Gasteiger partial charge on any atom is -0.480 e. The Bertz CT molecular complexity index is 651. The van der Waals surface area contributed by atoms with Gasteiger partial charge in [0.2, 0.25) is 17.7 Å². The quantitative estimate of drug-likeness (QED) is 0.0848. The molecule has 3 amide bonds. The maximum absolute atomic E-state index is 12.5. The number of rotatable bonds is 14. The summed E-state index contributed by atoms with van der Waals surface area (Å²) in [7, 11) is 0. The van der Waals surface area contributed by atoms with Crippen LogP contribution in [0.4, 0.5) is 0 Å². The summed E-state index contributed by atoms with van der Waals surface area (Å²) in [5, 5.41) is 19.9. The zero-order valence-corrected chi connectivity index (χ0v) is 18.5. The molecule has 1 fully saturated rings. The Morgan fingerprint density at radius 1 is 1.19 bits per heavy atom. The second-order valence-corrected chi connectivity index (χ2v) is 8.10. The van der Waals surface area contributed by atoms with Gasteiger partial charge < -0.3 is 37.8 Å². The molecule has 1 aliphatic heterocycles. The standard InChI is InChI=1S/C18H33N7O5S/c1-31-9-6-12(25-16(28)11-4-2-7-21-11)15(27)23-10-14(26)24-13(17(29)30)5-3-8-22-18(19)20/h11-13,21H,2-10H2,1H3,(H,23,27)(H,24,26)(H,25,28)(H,29,30)(H4,19,20,22). The van der Waals surface area contributed by atoms with Crippen LogP contribution in [0.1, 0.15) is 32.1 Å². The Morgan fingerprint density at radius 3 is 2.52 bits per heavy atom. The second kappa shape index (κ2) is 14.5. The third-order valence-corrected chi connectivity index (χ3v) is 5.27.